The van der Waals surface area contributed by atoms with Crippen LogP contribution in [0.3, 0.4) is 0 Å². The Hall–Kier alpha value is -1.00. The Morgan fingerprint density at radius 2 is 2.00 bits per heavy atom. The lowest BCUT2D eigenvalue weighted by Crippen LogP contribution is -2.24. The van der Waals surface area contributed by atoms with Gasteiger partial charge in [-0.05, 0) is 38.8 Å². The van der Waals surface area contributed by atoms with E-state index in [4.69, 9.17) is 4.74 Å². The van der Waals surface area contributed by atoms with Gasteiger partial charge in [0.15, 0.2) is 0 Å². The van der Waals surface area contributed by atoms with Gasteiger partial charge >= 0.3 is 5.97 Å². The van der Waals surface area contributed by atoms with Gasteiger partial charge in [0.05, 0.1) is 11.9 Å². The van der Waals surface area contributed by atoms with Gasteiger partial charge in [0.1, 0.15) is 5.60 Å². The quantitative estimate of drug-likeness (QED) is 0.662. The molecule has 0 aromatic heterocycles. The van der Waals surface area contributed by atoms with Gasteiger partial charge in [-0.25, -0.2) is 0 Å². The van der Waals surface area contributed by atoms with Crippen molar-refractivity contribution in [3.63, 3.8) is 0 Å². The summed E-state index contributed by atoms with van der Waals surface area (Å²) < 4.78 is 5.26. The minimum Gasteiger partial charge on any atom is -0.459 e. The number of aliphatic hydroxyl groups is 1. The summed E-state index contributed by atoms with van der Waals surface area (Å²) in [5, 5.41) is 9.93. The van der Waals surface area contributed by atoms with E-state index in [0.717, 1.165) is 10.5 Å². The van der Waals surface area contributed by atoms with E-state index in [1.807, 2.05) is 52.0 Å². The number of benzene rings is 1. The van der Waals surface area contributed by atoms with E-state index in [-0.39, 0.29) is 11.7 Å². The van der Waals surface area contributed by atoms with E-state index >= 15 is 0 Å². The predicted octanol–water partition coefficient (Wildman–Crippen LogP) is 3.56. The maximum atomic E-state index is 11.7. The average Bonchev–Trinajstić information content (AvgIpc) is 2.33. The van der Waals surface area contributed by atoms with Crippen molar-refractivity contribution in [3.8, 4) is 0 Å². The maximum absolute atomic E-state index is 11.7. The molecule has 0 aliphatic rings. The second-order valence-electron chi connectivity index (χ2n) is 5.34. The first-order chi connectivity index (χ1) is 8.83. The van der Waals surface area contributed by atoms with Gasteiger partial charge in [0.25, 0.3) is 0 Å². The lowest BCUT2D eigenvalue weighted by molar-refractivity contribution is -0.151. The number of hydrogen-bond donors (Lipinski definition) is 1. The molecule has 1 aromatic rings. The second kappa shape index (κ2) is 6.96. The number of carbonyl (C=O) groups excluding carboxylic acids is 1. The Morgan fingerprint density at radius 3 is 2.58 bits per heavy atom. The molecule has 1 atom stereocenters. The highest BCUT2D eigenvalue weighted by Crippen LogP contribution is 2.29. The number of aliphatic hydroxyl groups excluding tert-OH is 1. The van der Waals surface area contributed by atoms with Crippen molar-refractivity contribution < 1.29 is 14.6 Å². The minimum atomic E-state index is -0.484. The summed E-state index contributed by atoms with van der Waals surface area (Å²) >= 11 is 1.40. The zero-order valence-electron chi connectivity index (χ0n) is 12.0. The molecule has 0 spiro atoms. The largest absolute Gasteiger partial charge is 0.459 e. The van der Waals surface area contributed by atoms with Crippen molar-refractivity contribution in [1.29, 1.82) is 0 Å². The lowest BCUT2D eigenvalue weighted by Gasteiger charge is -2.19. The topological polar surface area (TPSA) is 46.5 Å². The van der Waals surface area contributed by atoms with Crippen LogP contribution < -0.4 is 0 Å². The Morgan fingerprint density at radius 1 is 1.37 bits per heavy atom. The van der Waals surface area contributed by atoms with Gasteiger partial charge in [-0.1, -0.05) is 25.1 Å². The molecule has 0 aliphatic carbocycles. The molecular formula is C15H22O3S. The summed E-state index contributed by atoms with van der Waals surface area (Å²) in [6, 6.07) is 7.61. The highest BCUT2D eigenvalue weighted by Gasteiger charge is 2.17. The Kier molecular flexibility index (Phi) is 5.88. The molecule has 0 fully saturated rings. The van der Waals surface area contributed by atoms with E-state index in [0.29, 0.717) is 6.42 Å². The van der Waals surface area contributed by atoms with Crippen molar-refractivity contribution in [3.05, 3.63) is 29.8 Å². The third-order valence-corrected chi connectivity index (χ3v) is 3.49. The van der Waals surface area contributed by atoms with Crippen molar-refractivity contribution in [1.82, 2.24) is 0 Å². The minimum absolute atomic E-state index is 0.238. The molecule has 4 heteroatoms. The smallest absolute Gasteiger partial charge is 0.316 e. The lowest BCUT2D eigenvalue weighted by atomic mass is 10.1. The predicted molar refractivity (Wildman–Crippen MR) is 78.3 cm³/mol. The summed E-state index contributed by atoms with van der Waals surface area (Å²) in [4.78, 5) is 12.6. The van der Waals surface area contributed by atoms with Crippen LogP contribution in [0.4, 0.5) is 0 Å². The summed E-state index contributed by atoms with van der Waals surface area (Å²) in [6.45, 7) is 7.49. The number of esters is 1. The molecular weight excluding hydrogens is 260 g/mol. The van der Waals surface area contributed by atoms with Crippen LogP contribution in [0.15, 0.2) is 29.2 Å². The average molecular weight is 282 g/mol. The molecule has 0 aliphatic heterocycles. The van der Waals surface area contributed by atoms with Gasteiger partial charge < -0.3 is 9.84 Å². The fourth-order valence-corrected chi connectivity index (χ4v) is 2.49. The number of rotatable bonds is 5. The zero-order chi connectivity index (χ0) is 14.5. The summed E-state index contributed by atoms with van der Waals surface area (Å²) in [5.74, 6) is 0.0170. The van der Waals surface area contributed by atoms with Gasteiger partial charge in [-0.15, -0.1) is 11.8 Å². The highest BCUT2D eigenvalue weighted by atomic mass is 32.2. The molecule has 19 heavy (non-hydrogen) atoms. The Labute approximate surface area is 119 Å². The molecule has 0 radical (unpaired) electrons. The van der Waals surface area contributed by atoms with E-state index in [2.05, 4.69) is 0 Å². The standard InChI is InChI=1S/C15H22O3S/c1-5-12(16)11-8-6-7-9-13(11)19-10-14(17)18-15(2,3)4/h6-9,12,16H,5,10H2,1-4H3/t12-/m0/s1. The molecule has 0 saturated heterocycles. The molecule has 0 bridgehead atoms. The van der Waals surface area contributed by atoms with Crippen molar-refractivity contribution in [2.45, 2.75) is 50.7 Å². The summed E-state index contributed by atoms with van der Waals surface area (Å²) in [6.07, 6.45) is 0.173. The van der Waals surface area contributed by atoms with Crippen molar-refractivity contribution in [2.24, 2.45) is 0 Å². The van der Waals surface area contributed by atoms with Crippen LogP contribution in [-0.2, 0) is 9.53 Å². The molecule has 0 heterocycles. The van der Waals surface area contributed by atoms with Crippen LogP contribution in [0.1, 0.15) is 45.8 Å². The number of hydrogen-bond acceptors (Lipinski definition) is 4. The van der Waals surface area contributed by atoms with Crippen molar-refractivity contribution in [2.75, 3.05) is 5.75 Å². The van der Waals surface area contributed by atoms with Crippen LogP contribution in [0, 0.1) is 0 Å². The normalized spacial score (nSPS) is 13.1. The second-order valence-corrected chi connectivity index (χ2v) is 6.35. The van der Waals surface area contributed by atoms with Crippen LogP contribution in [0.25, 0.3) is 0 Å². The SMILES string of the molecule is CC[C@H](O)c1ccccc1SCC(=O)OC(C)(C)C. The van der Waals surface area contributed by atoms with Crippen LogP contribution in [0.5, 0.6) is 0 Å². The third-order valence-electron chi connectivity index (χ3n) is 2.43. The molecule has 0 saturated carbocycles. The third kappa shape index (κ3) is 5.66. The van der Waals surface area contributed by atoms with E-state index in [1.54, 1.807) is 0 Å². The summed E-state index contributed by atoms with van der Waals surface area (Å²) in [5.41, 5.74) is 0.415. The molecule has 1 aromatic carbocycles. The van der Waals surface area contributed by atoms with Gasteiger partial charge in [-0.2, -0.15) is 0 Å². The van der Waals surface area contributed by atoms with E-state index < -0.39 is 11.7 Å². The van der Waals surface area contributed by atoms with Crippen LogP contribution in [-0.4, -0.2) is 22.4 Å². The maximum Gasteiger partial charge on any atom is 0.316 e. The van der Waals surface area contributed by atoms with Gasteiger partial charge in [0, 0.05) is 4.90 Å². The molecule has 3 nitrogen and oxygen atoms in total. The fraction of sp³-hybridized carbons (Fsp3) is 0.533. The molecule has 1 N–H and O–H groups in total. The first-order valence-electron chi connectivity index (χ1n) is 6.45. The highest BCUT2D eigenvalue weighted by molar-refractivity contribution is 8.00. The fourth-order valence-electron chi connectivity index (χ4n) is 1.61. The first kappa shape index (κ1) is 16.1. The van der Waals surface area contributed by atoms with E-state index in [1.165, 1.54) is 11.8 Å². The molecule has 0 unspecified atom stereocenters. The zero-order valence-corrected chi connectivity index (χ0v) is 12.8. The number of carbonyl (C=O) groups is 1. The Bertz CT molecular complexity index is 424. The van der Waals surface area contributed by atoms with Crippen LogP contribution >= 0.6 is 11.8 Å². The molecule has 1 rings (SSSR count). The first-order valence-corrected chi connectivity index (χ1v) is 7.43. The summed E-state index contributed by atoms with van der Waals surface area (Å²) in [7, 11) is 0. The Balaban J connectivity index is 2.65. The van der Waals surface area contributed by atoms with Gasteiger partial charge in [0.2, 0.25) is 0 Å². The van der Waals surface area contributed by atoms with Gasteiger partial charge in [-0.3, -0.25) is 4.79 Å². The van der Waals surface area contributed by atoms with Crippen molar-refractivity contribution >= 4 is 17.7 Å². The molecule has 0 amide bonds. The monoisotopic (exact) mass is 282 g/mol. The van der Waals surface area contributed by atoms with Crippen LogP contribution in [0.2, 0.25) is 0 Å². The number of ether oxygens (including phenoxy) is 1. The van der Waals surface area contributed by atoms with E-state index in [9.17, 15) is 9.90 Å². The molecule has 106 valence electrons. The number of thioether (sulfide) groups is 1.